The largest absolute Gasteiger partial charge is 0.497 e. The summed E-state index contributed by atoms with van der Waals surface area (Å²) in [6.07, 6.45) is 0.426. The molecule has 1 aliphatic heterocycles. The molecule has 1 heterocycles. The molecule has 1 unspecified atom stereocenters. The van der Waals surface area contributed by atoms with E-state index in [0.717, 1.165) is 21.3 Å². The van der Waals surface area contributed by atoms with Gasteiger partial charge >= 0.3 is 0 Å². The van der Waals surface area contributed by atoms with E-state index < -0.39 is 5.54 Å². The summed E-state index contributed by atoms with van der Waals surface area (Å²) in [7, 11) is 1.62. The van der Waals surface area contributed by atoms with Crippen LogP contribution in [0.5, 0.6) is 5.75 Å². The number of rotatable bonds is 5. The minimum absolute atomic E-state index is 0.179. The van der Waals surface area contributed by atoms with E-state index in [1.54, 1.807) is 12.0 Å². The fourth-order valence-corrected chi connectivity index (χ4v) is 4.38. The second kappa shape index (κ2) is 8.55. The fraction of sp³-hybridized carbons (Fsp3) is 0.200. The van der Waals surface area contributed by atoms with Gasteiger partial charge in [-0.3, -0.25) is 14.5 Å². The van der Waals surface area contributed by atoms with Crippen LogP contribution < -0.4 is 15.0 Å². The van der Waals surface area contributed by atoms with Gasteiger partial charge in [-0.1, -0.05) is 52.3 Å². The molecule has 2 amide bonds. The Balaban J connectivity index is 1.67. The number of hydrogen-bond acceptors (Lipinski definition) is 3. The van der Waals surface area contributed by atoms with Crippen LogP contribution in [0.1, 0.15) is 28.4 Å². The Morgan fingerprint density at radius 2 is 1.84 bits per heavy atom. The van der Waals surface area contributed by atoms with Crippen LogP contribution in [0.25, 0.3) is 0 Å². The summed E-state index contributed by atoms with van der Waals surface area (Å²) in [5, 5.41) is 3.03. The van der Waals surface area contributed by atoms with Crippen LogP contribution in [0.15, 0.2) is 77.3 Å². The van der Waals surface area contributed by atoms with Crippen molar-refractivity contribution < 1.29 is 14.3 Å². The van der Waals surface area contributed by atoms with E-state index in [2.05, 4.69) is 21.2 Å². The van der Waals surface area contributed by atoms with E-state index in [1.165, 1.54) is 0 Å². The molecular formula is C25H23BrN2O3. The first kappa shape index (κ1) is 21.1. The molecule has 1 atom stereocenters. The van der Waals surface area contributed by atoms with E-state index in [0.29, 0.717) is 24.2 Å². The first-order valence-electron chi connectivity index (χ1n) is 10.0. The molecule has 0 radical (unpaired) electrons. The fourth-order valence-electron chi connectivity index (χ4n) is 3.99. The molecule has 0 saturated carbocycles. The summed E-state index contributed by atoms with van der Waals surface area (Å²) in [5.74, 6) is 0.380. The number of fused-ring (bicyclic) bond motifs is 1. The first-order valence-corrected chi connectivity index (χ1v) is 10.8. The van der Waals surface area contributed by atoms with Crippen molar-refractivity contribution in [1.82, 2.24) is 5.32 Å². The highest BCUT2D eigenvalue weighted by Crippen LogP contribution is 2.36. The normalized spacial score (nSPS) is 17.8. The molecular weight excluding hydrogens is 456 g/mol. The molecule has 6 heteroatoms. The molecule has 1 aliphatic rings. The van der Waals surface area contributed by atoms with Gasteiger partial charge in [0, 0.05) is 28.7 Å². The Morgan fingerprint density at radius 3 is 2.55 bits per heavy atom. The molecule has 0 saturated heterocycles. The zero-order valence-corrected chi connectivity index (χ0v) is 19.0. The van der Waals surface area contributed by atoms with Gasteiger partial charge in [-0.25, -0.2) is 0 Å². The molecule has 3 aromatic carbocycles. The van der Waals surface area contributed by atoms with Crippen LogP contribution in [-0.4, -0.2) is 24.5 Å². The summed E-state index contributed by atoms with van der Waals surface area (Å²) >= 11 is 3.48. The van der Waals surface area contributed by atoms with Crippen LogP contribution in [0.4, 0.5) is 5.69 Å². The Morgan fingerprint density at radius 1 is 1.10 bits per heavy atom. The number of amides is 2. The van der Waals surface area contributed by atoms with Crippen molar-refractivity contribution >= 4 is 33.4 Å². The predicted molar refractivity (Wildman–Crippen MR) is 124 cm³/mol. The number of hydrogen-bond donors (Lipinski definition) is 1. The number of nitrogens with zero attached hydrogens (tertiary/aromatic N) is 1. The average Bonchev–Trinajstić information content (AvgIpc) is 2.78. The molecule has 0 aromatic heterocycles. The number of carbonyl (C=O) groups excluding carboxylic acids is 2. The SMILES string of the molecule is COc1ccc(CNC(=O)C2(C)Cc3ccccc3C(=O)N2c2cccc(Br)c2)cc1. The smallest absolute Gasteiger partial charge is 0.259 e. The van der Waals surface area contributed by atoms with Crippen molar-refractivity contribution in [2.45, 2.75) is 25.4 Å². The second-order valence-electron chi connectivity index (χ2n) is 7.76. The predicted octanol–water partition coefficient (Wildman–Crippen LogP) is 4.74. The quantitative estimate of drug-likeness (QED) is 0.576. The molecule has 3 aromatic rings. The molecule has 0 aliphatic carbocycles. The van der Waals surface area contributed by atoms with Gasteiger partial charge in [0.05, 0.1) is 7.11 Å². The number of benzene rings is 3. The maximum atomic E-state index is 13.5. The third-order valence-corrected chi connectivity index (χ3v) is 6.14. The van der Waals surface area contributed by atoms with Gasteiger partial charge in [-0.15, -0.1) is 0 Å². The molecule has 31 heavy (non-hydrogen) atoms. The van der Waals surface area contributed by atoms with Crippen molar-refractivity contribution in [2.75, 3.05) is 12.0 Å². The van der Waals surface area contributed by atoms with Gasteiger partial charge < -0.3 is 10.1 Å². The van der Waals surface area contributed by atoms with Crippen molar-refractivity contribution in [1.29, 1.82) is 0 Å². The lowest BCUT2D eigenvalue weighted by Gasteiger charge is -2.44. The lowest BCUT2D eigenvalue weighted by atomic mass is 9.82. The highest BCUT2D eigenvalue weighted by Gasteiger charge is 2.47. The Bertz CT molecular complexity index is 1130. The molecule has 0 spiro atoms. The van der Waals surface area contributed by atoms with E-state index >= 15 is 0 Å². The summed E-state index contributed by atoms with van der Waals surface area (Å²) in [6, 6.07) is 22.5. The number of halogens is 1. The highest BCUT2D eigenvalue weighted by atomic mass is 79.9. The first-order chi connectivity index (χ1) is 14.9. The standard InChI is InChI=1S/C25H23BrN2O3/c1-25(24(30)27-16-17-10-12-21(31-2)13-11-17)15-18-6-3-4-9-22(18)23(29)28(25)20-8-5-7-19(26)14-20/h3-14H,15-16H2,1-2H3,(H,27,30). The number of anilines is 1. The van der Waals surface area contributed by atoms with Crippen LogP contribution in [-0.2, 0) is 17.8 Å². The monoisotopic (exact) mass is 478 g/mol. The number of methoxy groups -OCH3 is 1. The summed E-state index contributed by atoms with van der Waals surface area (Å²) in [6.45, 7) is 2.19. The minimum atomic E-state index is -1.07. The van der Waals surface area contributed by atoms with Crippen LogP contribution in [0, 0.1) is 0 Å². The molecule has 0 fully saturated rings. The average molecular weight is 479 g/mol. The second-order valence-corrected chi connectivity index (χ2v) is 8.67. The summed E-state index contributed by atoms with van der Waals surface area (Å²) < 4.78 is 6.03. The molecule has 1 N–H and O–H groups in total. The number of nitrogens with one attached hydrogen (secondary N) is 1. The van der Waals surface area contributed by atoms with Crippen molar-refractivity contribution in [3.63, 3.8) is 0 Å². The Labute approximate surface area is 190 Å². The highest BCUT2D eigenvalue weighted by molar-refractivity contribution is 9.10. The van der Waals surface area contributed by atoms with Crippen molar-refractivity contribution in [3.8, 4) is 5.75 Å². The Kier molecular flexibility index (Phi) is 5.83. The van der Waals surface area contributed by atoms with Gasteiger partial charge in [0.1, 0.15) is 11.3 Å². The lowest BCUT2D eigenvalue weighted by Crippen LogP contribution is -2.63. The number of carbonyl (C=O) groups is 2. The number of ether oxygens (including phenoxy) is 1. The molecule has 158 valence electrons. The van der Waals surface area contributed by atoms with Gasteiger partial charge in [0.25, 0.3) is 5.91 Å². The van der Waals surface area contributed by atoms with Crippen LogP contribution in [0.2, 0.25) is 0 Å². The van der Waals surface area contributed by atoms with Crippen LogP contribution in [0.3, 0.4) is 0 Å². The summed E-state index contributed by atoms with van der Waals surface area (Å²) in [4.78, 5) is 28.6. The van der Waals surface area contributed by atoms with Gasteiger partial charge in [-0.05, 0) is 54.4 Å². The van der Waals surface area contributed by atoms with Crippen molar-refractivity contribution in [2.24, 2.45) is 0 Å². The van der Waals surface area contributed by atoms with E-state index in [4.69, 9.17) is 4.74 Å². The third-order valence-electron chi connectivity index (χ3n) is 5.65. The maximum absolute atomic E-state index is 13.5. The van der Waals surface area contributed by atoms with E-state index in [-0.39, 0.29) is 11.8 Å². The zero-order chi connectivity index (χ0) is 22.0. The van der Waals surface area contributed by atoms with E-state index in [1.807, 2.05) is 79.7 Å². The minimum Gasteiger partial charge on any atom is -0.497 e. The maximum Gasteiger partial charge on any atom is 0.259 e. The van der Waals surface area contributed by atoms with E-state index in [9.17, 15) is 9.59 Å². The van der Waals surface area contributed by atoms with Gasteiger partial charge in [0.15, 0.2) is 0 Å². The third kappa shape index (κ3) is 4.08. The summed E-state index contributed by atoms with van der Waals surface area (Å²) in [5.41, 5.74) is 2.06. The Hall–Kier alpha value is -3.12. The molecule has 4 rings (SSSR count). The topological polar surface area (TPSA) is 58.6 Å². The van der Waals surface area contributed by atoms with Crippen LogP contribution >= 0.6 is 15.9 Å². The molecule has 5 nitrogen and oxygen atoms in total. The van der Waals surface area contributed by atoms with Crippen molar-refractivity contribution in [3.05, 3.63) is 94.0 Å². The van der Waals surface area contributed by atoms with Gasteiger partial charge in [0.2, 0.25) is 5.91 Å². The lowest BCUT2D eigenvalue weighted by molar-refractivity contribution is -0.126. The zero-order valence-electron chi connectivity index (χ0n) is 17.4. The van der Waals surface area contributed by atoms with Gasteiger partial charge in [-0.2, -0.15) is 0 Å². The molecule has 0 bridgehead atoms.